The predicted molar refractivity (Wildman–Crippen MR) is 64.4 cm³/mol. The van der Waals surface area contributed by atoms with Crippen LogP contribution >= 0.6 is 0 Å². The maximum absolute atomic E-state index is 4.82. The molecule has 2 aliphatic heterocycles. The molecule has 1 aromatic carbocycles. The van der Waals surface area contributed by atoms with Gasteiger partial charge in [0.15, 0.2) is 0 Å². The molecule has 2 unspecified atom stereocenters. The zero-order chi connectivity index (χ0) is 10.6. The molecular formula is C14H16N2. The third kappa shape index (κ3) is 0.998. The Kier molecular flexibility index (Phi) is 1.58. The van der Waals surface area contributed by atoms with Crippen LogP contribution in [0, 0.1) is 0 Å². The average molecular weight is 212 g/mol. The molecule has 2 atom stereocenters. The summed E-state index contributed by atoms with van der Waals surface area (Å²) in [6.07, 6.45) is 6.70. The fourth-order valence-corrected chi connectivity index (χ4v) is 3.56. The number of hydrazone groups is 1. The minimum Gasteiger partial charge on any atom is -0.283 e. The minimum absolute atomic E-state index is 0.462. The van der Waals surface area contributed by atoms with Crippen molar-refractivity contribution in [3.8, 4) is 0 Å². The van der Waals surface area contributed by atoms with Crippen molar-refractivity contribution in [2.24, 2.45) is 5.10 Å². The number of benzene rings is 1. The van der Waals surface area contributed by atoms with Crippen LogP contribution in [0.3, 0.4) is 0 Å². The van der Waals surface area contributed by atoms with Crippen molar-refractivity contribution in [2.75, 3.05) is 0 Å². The maximum atomic E-state index is 4.82. The summed E-state index contributed by atoms with van der Waals surface area (Å²) in [5.74, 6) is 0. The topological polar surface area (TPSA) is 15.4 Å². The van der Waals surface area contributed by atoms with Crippen molar-refractivity contribution >= 4 is 5.71 Å². The van der Waals surface area contributed by atoms with Gasteiger partial charge in [0.2, 0.25) is 0 Å². The summed E-state index contributed by atoms with van der Waals surface area (Å²) in [5, 5.41) is 7.21. The Bertz CT molecular complexity index is 451. The summed E-state index contributed by atoms with van der Waals surface area (Å²) < 4.78 is 0. The Morgan fingerprint density at radius 2 is 2.06 bits per heavy atom. The highest BCUT2D eigenvalue weighted by atomic mass is 15.6. The Hall–Kier alpha value is -1.31. The molecule has 1 aliphatic carbocycles. The number of rotatable bonds is 1. The van der Waals surface area contributed by atoms with E-state index in [9.17, 15) is 0 Å². The molecule has 2 heterocycles. The summed E-state index contributed by atoms with van der Waals surface area (Å²) in [7, 11) is 0. The molecule has 0 radical (unpaired) electrons. The number of hydrogen-bond acceptors (Lipinski definition) is 2. The average Bonchev–Trinajstić information content (AvgIpc) is 2.82. The molecule has 0 bridgehead atoms. The molecule has 1 aromatic rings. The Labute approximate surface area is 96.0 Å². The third-order valence-electron chi connectivity index (χ3n) is 4.45. The lowest BCUT2D eigenvalue weighted by atomic mass is 9.84. The van der Waals surface area contributed by atoms with E-state index in [1.807, 2.05) is 0 Å². The molecule has 2 nitrogen and oxygen atoms in total. The summed E-state index contributed by atoms with van der Waals surface area (Å²) in [6.45, 7) is 0. The van der Waals surface area contributed by atoms with Crippen LogP contribution in [0.1, 0.15) is 37.7 Å². The van der Waals surface area contributed by atoms with Crippen LogP contribution in [0.15, 0.2) is 35.4 Å². The first-order valence-electron chi connectivity index (χ1n) is 6.32. The quantitative estimate of drug-likeness (QED) is 0.653. The highest BCUT2D eigenvalue weighted by molar-refractivity contribution is 6.03. The molecule has 0 N–H and O–H groups in total. The molecular weight excluding hydrogens is 196 g/mol. The minimum atomic E-state index is 0.462. The van der Waals surface area contributed by atoms with Gasteiger partial charge in [-0.3, -0.25) is 5.01 Å². The molecule has 1 spiro atoms. The molecule has 3 aliphatic rings. The van der Waals surface area contributed by atoms with Crippen molar-refractivity contribution in [1.82, 2.24) is 5.01 Å². The van der Waals surface area contributed by atoms with Crippen LogP contribution in [0.4, 0.5) is 0 Å². The highest BCUT2D eigenvalue weighted by Gasteiger charge is 2.66. The van der Waals surface area contributed by atoms with E-state index in [0.29, 0.717) is 5.54 Å². The van der Waals surface area contributed by atoms with E-state index >= 15 is 0 Å². The SMILES string of the molecule is c1ccc(C2=NN3C4CCCCC43C2)cc1. The fourth-order valence-electron chi connectivity index (χ4n) is 3.56. The van der Waals surface area contributed by atoms with Crippen LogP contribution in [0.25, 0.3) is 0 Å². The summed E-state index contributed by atoms with van der Waals surface area (Å²) >= 11 is 0. The Morgan fingerprint density at radius 3 is 2.94 bits per heavy atom. The van der Waals surface area contributed by atoms with Crippen LogP contribution in [-0.4, -0.2) is 22.3 Å². The van der Waals surface area contributed by atoms with Gasteiger partial charge in [0.1, 0.15) is 0 Å². The summed E-state index contributed by atoms with van der Waals surface area (Å²) in [4.78, 5) is 0. The van der Waals surface area contributed by atoms with Gasteiger partial charge in [-0.2, -0.15) is 5.10 Å². The molecule has 16 heavy (non-hydrogen) atoms. The van der Waals surface area contributed by atoms with Crippen LogP contribution < -0.4 is 0 Å². The highest BCUT2D eigenvalue weighted by Crippen LogP contribution is 2.57. The summed E-state index contributed by atoms with van der Waals surface area (Å²) in [5.41, 5.74) is 3.08. The second kappa shape index (κ2) is 2.88. The van der Waals surface area contributed by atoms with E-state index in [-0.39, 0.29) is 0 Å². The Balaban J connectivity index is 1.65. The Morgan fingerprint density at radius 1 is 1.19 bits per heavy atom. The van der Waals surface area contributed by atoms with Gasteiger partial charge in [-0.05, 0) is 18.4 Å². The first-order valence-corrected chi connectivity index (χ1v) is 6.32. The van der Waals surface area contributed by atoms with E-state index < -0.39 is 0 Å². The van der Waals surface area contributed by atoms with E-state index in [1.165, 1.54) is 43.4 Å². The molecule has 2 heteroatoms. The normalized spacial score (nSPS) is 35.4. The first kappa shape index (κ1) is 8.80. The van der Waals surface area contributed by atoms with Crippen LogP contribution in [-0.2, 0) is 0 Å². The smallest absolute Gasteiger partial charge is 0.0858 e. The van der Waals surface area contributed by atoms with Crippen molar-refractivity contribution in [3.63, 3.8) is 0 Å². The lowest BCUT2D eigenvalue weighted by Gasteiger charge is -2.16. The van der Waals surface area contributed by atoms with Crippen LogP contribution in [0.2, 0.25) is 0 Å². The van der Waals surface area contributed by atoms with Crippen LogP contribution in [0.5, 0.6) is 0 Å². The van der Waals surface area contributed by atoms with Crippen molar-refractivity contribution in [2.45, 2.75) is 43.7 Å². The van der Waals surface area contributed by atoms with Gasteiger partial charge >= 0.3 is 0 Å². The van der Waals surface area contributed by atoms with E-state index in [4.69, 9.17) is 5.10 Å². The second-order valence-electron chi connectivity index (χ2n) is 5.30. The van der Waals surface area contributed by atoms with Crippen molar-refractivity contribution in [1.29, 1.82) is 0 Å². The number of nitrogens with zero attached hydrogens (tertiary/aromatic N) is 2. The van der Waals surface area contributed by atoms with Crippen molar-refractivity contribution in [3.05, 3.63) is 35.9 Å². The fraction of sp³-hybridized carbons (Fsp3) is 0.500. The lowest BCUT2D eigenvalue weighted by Crippen LogP contribution is -2.22. The van der Waals surface area contributed by atoms with E-state index in [1.54, 1.807) is 0 Å². The third-order valence-corrected chi connectivity index (χ3v) is 4.45. The maximum Gasteiger partial charge on any atom is 0.0858 e. The van der Waals surface area contributed by atoms with Gasteiger partial charge in [-0.1, -0.05) is 43.2 Å². The molecule has 1 saturated heterocycles. The molecule has 0 amide bonds. The van der Waals surface area contributed by atoms with Gasteiger partial charge in [0.05, 0.1) is 17.3 Å². The van der Waals surface area contributed by atoms with Gasteiger partial charge in [-0.15, -0.1) is 0 Å². The lowest BCUT2D eigenvalue weighted by molar-refractivity contribution is 0.426. The van der Waals surface area contributed by atoms with E-state index in [0.717, 1.165) is 6.04 Å². The van der Waals surface area contributed by atoms with Gasteiger partial charge in [0, 0.05) is 6.42 Å². The van der Waals surface area contributed by atoms with Crippen molar-refractivity contribution < 1.29 is 0 Å². The largest absolute Gasteiger partial charge is 0.283 e. The van der Waals surface area contributed by atoms with Gasteiger partial charge in [-0.25, -0.2) is 0 Å². The van der Waals surface area contributed by atoms with Gasteiger partial charge < -0.3 is 0 Å². The molecule has 1 saturated carbocycles. The van der Waals surface area contributed by atoms with Gasteiger partial charge in [0.25, 0.3) is 0 Å². The monoisotopic (exact) mass is 212 g/mol. The number of fused-ring (bicyclic) bond motifs is 1. The molecule has 0 aromatic heterocycles. The predicted octanol–water partition coefficient (Wildman–Crippen LogP) is 2.79. The molecule has 82 valence electrons. The molecule has 2 fully saturated rings. The van der Waals surface area contributed by atoms with E-state index in [2.05, 4.69) is 35.3 Å². The second-order valence-corrected chi connectivity index (χ2v) is 5.30. The molecule has 4 rings (SSSR count). The summed E-state index contributed by atoms with van der Waals surface area (Å²) in [6, 6.07) is 11.4. The number of hydrogen-bond donors (Lipinski definition) is 0. The standard InChI is InChI=1S/C14H16N2/c1-2-6-11(7-3-1)12-10-14-9-5-4-8-13(14)16(14)15-12/h1-3,6-7,13H,4-5,8-10H2. The first-order chi connectivity index (χ1) is 7.90. The zero-order valence-electron chi connectivity index (χ0n) is 9.39. The zero-order valence-corrected chi connectivity index (χ0v) is 9.39.